The van der Waals surface area contributed by atoms with Crippen LogP contribution < -0.4 is 0 Å². The average Bonchev–Trinajstić information content (AvgIpc) is 1.36. The Balaban J connectivity index is 0. The maximum atomic E-state index is 9.10. The average molecular weight is 124 g/mol. The Bertz CT molecular complexity index is 75.7. The van der Waals surface area contributed by atoms with Gasteiger partial charge in [-0.3, -0.25) is 0 Å². The summed E-state index contributed by atoms with van der Waals surface area (Å²) >= 11 is 0. The largest absolute Gasteiger partial charge is 0.473 e. The minimum atomic E-state index is -1.82. The van der Waals surface area contributed by atoms with E-state index in [0.29, 0.717) is 0 Å². The van der Waals surface area contributed by atoms with E-state index in [1.54, 1.807) is 0 Å². The van der Waals surface area contributed by atoms with Crippen molar-refractivity contribution in [2.45, 2.75) is 0 Å². The van der Waals surface area contributed by atoms with E-state index in [0.717, 1.165) is 0 Å². The van der Waals surface area contributed by atoms with Crippen molar-refractivity contribution in [1.82, 2.24) is 0 Å². The summed E-state index contributed by atoms with van der Waals surface area (Å²) in [6, 6.07) is 0. The number of rotatable bonds is 0. The molecule has 0 fully saturated rings. The third kappa shape index (κ3) is 5.29. The van der Waals surface area contributed by atoms with Gasteiger partial charge in [0.2, 0.25) is 0 Å². The first-order valence-electron chi connectivity index (χ1n) is 1.11. The summed E-state index contributed by atoms with van der Waals surface area (Å²) in [5.74, 6) is -3.65. The molecular weight excluding hydrogens is 120 g/mol. The Morgan fingerprint density at radius 3 is 1.14 bits per heavy atom. The van der Waals surface area contributed by atoms with Gasteiger partial charge >= 0.3 is 11.9 Å². The van der Waals surface area contributed by atoms with Gasteiger partial charge in [-0.1, -0.05) is 0 Å². The molecule has 0 aromatic rings. The zero-order chi connectivity index (χ0) is 5.15. The lowest BCUT2D eigenvalue weighted by molar-refractivity contribution is -0.159. The molecule has 0 spiro atoms. The summed E-state index contributed by atoms with van der Waals surface area (Å²) in [4.78, 5) is 18.2. The molecule has 0 aromatic heterocycles. The molecule has 0 atom stereocenters. The van der Waals surface area contributed by atoms with Crippen LogP contribution in [0.25, 0.3) is 0 Å². The summed E-state index contributed by atoms with van der Waals surface area (Å²) in [6.07, 6.45) is 0. The molecule has 4 nitrogen and oxygen atoms in total. The summed E-state index contributed by atoms with van der Waals surface area (Å²) in [7, 11) is 0. The smallest absolute Gasteiger partial charge is 0.414 e. The zero-order valence-electron chi connectivity index (χ0n) is 3.21. The predicted molar refractivity (Wildman–Crippen MR) is 25.7 cm³/mol. The van der Waals surface area contributed by atoms with Crippen molar-refractivity contribution in [2.24, 2.45) is 0 Å². The number of aliphatic carboxylic acids is 2. The van der Waals surface area contributed by atoms with Crippen LogP contribution in [-0.2, 0) is 9.59 Å². The molecule has 0 rings (SSSR count). The molecule has 2 N–H and O–H groups in total. The molecule has 0 aliphatic carbocycles. The van der Waals surface area contributed by atoms with Gasteiger partial charge in [-0.25, -0.2) is 9.59 Å². The quantitative estimate of drug-likeness (QED) is 0.417. The first-order valence-corrected chi connectivity index (χ1v) is 1.11. The van der Waals surface area contributed by atoms with Crippen molar-refractivity contribution < 1.29 is 19.8 Å². The molecule has 0 aliphatic heterocycles. The Labute approximate surface area is 46.2 Å². The fourth-order valence-corrected chi connectivity index (χ4v) is 0. The number of hydrogen-bond donors (Lipinski definition) is 2. The first kappa shape index (κ1) is 9.56. The van der Waals surface area contributed by atoms with Crippen molar-refractivity contribution in [1.29, 1.82) is 0 Å². The molecule has 0 unspecified atom stereocenters. The molecule has 0 bridgehead atoms. The van der Waals surface area contributed by atoms with Gasteiger partial charge in [0.15, 0.2) is 0 Å². The predicted octanol–water partition coefficient (Wildman–Crippen LogP) is -0.732. The Hall–Kier alpha value is -0.710. The standard InChI is InChI=1S/C2H2O4.H2S/c3-1(4)2(5)6;/h(H,3,4)(H,5,6);1H2. The van der Waals surface area contributed by atoms with Gasteiger partial charge in [0.1, 0.15) is 0 Å². The van der Waals surface area contributed by atoms with Crippen molar-refractivity contribution in [3.05, 3.63) is 0 Å². The summed E-state index contributed by atoms with van der Waals surface area (Å²) in [6.45, 7) is 0. The molecule has 0 saturated carbocycles. The highest BCUT2D eigenvalue weighted by Gasteiger charge is 2.04. The second kappa shape index (κ2) is 3.48. The van der Waals surface area contributed by atoms with Gasteiger partial charge in [0, 0.05) is 0 Å². The van der Waals surface area contributed by atoms with E-state index in [1.807, 2.05) is 0 Å². The molecule has 42 valence electrons. The van der Waals surface area contributed by atoms with Crippen LogP contribution in [0.5, 0.6) is 0 Å². The maximum absolute atomic E-state index is 9.10. The van der Waals surface area contributed by atoms with Crippen LogP contribution in [0.3, 0.4) is 0 Å². The fraction of sp³-hybridized carbons (Fsp3) is 0. The van der Waals surface area contributed by atoms with Gasteiger partial charge in [0.25, 0.3) is 0 Å². The lowest BCUT2D eigenvalue weighted by atomic mass is 10.7. The highest BCUT2D eigenvalue weighted by molar-refractivity contribution is 7.59. The van der Waals surface area contributed by atoms with Crippen molar-refractivity contribution >= 4 is 25.4 Å². The zero-order valence-corrected chi connectivity index (χ0v) is 4.21. The molecular formula is C2H4O4S. The van der Waals surface area contributed by atoms with Crippen molar-refractivity contribution in [3.63, 3.8) is 0 Å². The Morgan fingerprint density at radius 1 is 1.00 bits per heavy atom. The van der Waals surface area contributed by atoms with Crippen molar-refractivity contribution in [3.8, 4) is 0 Å². The van der Waals surface area contributed by atoms with E-state index in [-0.39, 0.29) is 13.5 Å². The summed E-state index contributed by atoms with van der Waals surface area (Å²) < 4.78 is 0. The lowest BCUT2D eigenvalue weighted by Gasteiger charge is -1.72. The Kier molecular flexibility index (Phi) is 4.75. The van der Waals surface area contributed by atoms with Crippen molar-refractivity contribution in [2.75, 3.05) is 0 Å². The third-order valence-electron chi connectivity index (χ3n) is 0.183. The van der Waals surface area contributed by atoms with E-state index in [4.69, 9.17) is 19.8 Å². The van der Waals surface area contributed by atoms with E-state index >= 15 is 0 Å². The Morgan fingerprint density at radius 2 is 1.14 bits per heavy atom. The van der Waals surface area contributed by atoms with Gasteiger partial charge in [-0.15, -0.1) is 0 Å². The molecule has 0 aliphatic rings. The van der Waals surface area contributed by atoms with Crippen LogP contribution in [0.1, 0.15) is 0 Å². The molecule has 0 radical (unpaired) electrons. The maximum Gasteiger partial charge on any atom is 0.414 e. The third-order valence-corrected chi connectivity index (χ3v) is 0.183. The molecule has 0 heterocycles. The number of carboxylic acids is 2. The first-order chi connectivity index (χ1) is 2.64. The molecule has 0 saturated heterocycles. The van der Waals surface area contributed by atoms with Crippen LogP contribution in [-0.4, -0.2) is 22.2 Å². The van der Waals surface area contributed by atoms with Gasteiger partial charge in [-0.05, 0) is 0 Å². The van der Waals surface area contributed by atoms with Crippen LogP contribution in [0.2, 0.25) is 0 Å². The number of hydrogen-bond acceptors (Lipinski definition) is 2. The number of carboxylic acid groups (broad SMARTS) is 2. The molecule has 5 heteroatoms. The van der Waals surface area contributed by atoms with E-state index in [9.17, 15) is 0 Å². The normalized spacial score (nSPS) is 6.29. The second-order valence-electron chi connectivity index (χ2n) is 0.610. The van der Waals surface area contributed by atoms with E-state index in [1.165, 1.54) is 0 Å². The van der Waals surface area contributed by atoms with Crippen LogP contribution in [0, 0.1) is 0 Å². The van der Waals surface area contributed by atoms with Gasteiger partial charge < -0.3 is 10.2 Å². The summed E-state index contributed by atoms with van der Waals surface area (Å²) in [5, 5.41) is 14.8. The topological polar surface area (TPSA) is 74.6 Å². The highest BCUT2D eigenvalue weighted by atomic mass is 32.1. The van der Waals surface area contributed by atoms with Crippen LogP contribution in [0.15, 0.2) is 0 Å². The second-order valence-corrected chi connectivity index (χ2v) is 0.610. The lowest BCUT2D eigenvalue weighted by Crippen LogP contribution is -2.09. The minimum absolute atomic E-state index is 0. The molecule has 0 aromatic carbocycles. The van der Waals surface area contributed by atoms with Gasteiger partial charge in [0.05, 0.1) is 0 Å². The van der Waals surface area contributed by atoms with Gasteiger partial charge in [-0.2, -0.15) is 13.5 Å². The van der Waals surface area contributed by atoms with E-state index in [2.05, 4.69) is 0 Å². The van der Waals surface area contributed by atoms with Crippen LogP contribution >= 0.6 is 13.5 Å². The minimum Gasteiger partial charge on any atom is -0.473 e. The number of carbonyl (C=O) groups is 2. The summed E-state index contributed by atoms with van der Waals surface area (Å²) in [5.41, 5.74) is 0. The van der Waals surface area contributed by atoms with E-state index < -0.39 is 11.9 Å². The SMILES string of the molecule is O=C(O)C(=O)O.S. The highest BCUT2D eigenvalue weighted by Crippen LogP contribution is 1.56. The fourth-order valence-electron chi connectivity index (χ4n) is 0. The molecule has 0 amide bonds. The van der Waals surface area contributed by atoms with Crippen LogP contribution in [0.4, 0.5) is 0 Å². The monoisotopic (exact) mass is 124 g/mol. The molecule has 7 heavy (non-hydrogen) atoms.